The van der Waals surface area contributed by atoms with Gasteiger partial charge in [-0.1, -0.05) is 0 Å². The number of carbonyl (C=O) groups is 1. The number of nitrogens with one attached hydrogen (secondary N) is 1. The van der Waals surface area contributed by atoms with E-state index in [2.05, 4.69) is 15.0 Å². The van der Waals surface area contributed by atoms with Gasteiger partial charge in [0.05, 0.1) is 19.4 Å². The number of carbonyl (C=O) groups excluding carboxylic acids is 1. The molecule has 0 bridgehead atoms. The highest BCUT2D eigenvalue weighted by Gasteiger charge is 2.12. The van der Waals surface area contributed by atoms with Gasteiger partial charge < -0.3 is 10.1 Å². The maximum absolute atomic E-state index is 10.9. The first-order valence-electron chi connectivity index (χ1n) is 4.59. The van der Waals surface area contributed by atoms with Crippen molar-refractivity contribution in [2.45, 2.75) is 32.2 Å². The van der Waals surface area contributed by atoms with Gasteiger partial charge in [0, 0.05) is 19.0 Å². The lowest BCUT2D eigenvalue weighted by molar-refractivity contribution is -0.141. The van der Waals surface area contributed by atoms with E-state index in [0.717, 1.165) is 25.2 Å². The van der Waals surface area contributed by atoms with Gasteiger partial charge in [-0.25, -0.2) is 0 Å². The minimum absolute atomic E-state index is 0.115. The van der Waals surface area contributed by atoms with Gasteiger partial charge in [-0.15, -0.1) is 0 Å². The molecule has 0 amide bonds. The first-order chi connectivity index (χ1) is 6.22. The number of amidine groups is 1. The molecule has 0 saturated carbocycles. The van der Waals surface area contributed by atoms with E-state index in [9.17, 15) is 4.79 Å². The van der Waals surface area contributed by atoms with Crippen LogP contribution in [0.15, 0.2) is 4.99 Å². The van der Waals surface area contributed by atoms with E-state index in [1.807, 2.05) is 6.92 Å². The van der Waals surface area contributed by atoms with Crippen molar-refractivity contribution in [3.63, 3.8) is 0 Å². The second kappa shape index (κ2) is 4.84. The Morgan fingerprint density at radius 3 is 3.08 bits per heavy atom. The zero-order valence-corrected chi connectivity index (χ0v) is 8.17. The molecule has 1 unspecified atom stereocenters. The lowest BCUT2D eigenvalue weighted by Gasteiger charge is -2.13. The molecule has 0 fully saturated rings. The largest absolute Gasteiger partial charge is 0.469 e. The predicted molar refractivity (Wildman–Crippen MR) is 50.8 cm³/mol. The number of hydrogen-bond acceptors (Lipinski definition) is 4. The summed E-state index contributed by atoms with van der Waals surface area (Å²) in [6.45, 7) is 2.87. The summed E-state index contributed by atoms with van der Waals surface area (Å²) >= 11 is 0. The Balaban J connectivity index is 2.24. The molecule has 4 heteroatoms. The lowest BCUT2D eigenvalue weighted by atomic mass is 10.2. The summed E-state index contributed by atoms with van der Waals surface area (Å²) in [5, 5.41) is 3.19. The van der Waals surface area contributed by atoms with Crippen molar-refractivity contribution in [2.75, 3.05) is 13.7 Å². The molecule has 74 valence electrons. The highest BCUT2D eigenvalue weighted by Crippen LogP contribution is 2.03. The normalized spacial score (nSPS) is 17.8. The van der Waals surface area contributed by atoms with E-state index in [1.54, 1.807) is 0 Å². The van der Waals surface area contributed by atoms with Crippen LogP contribution in [0, 0.1) is 0 Å². The van der Waals surface area contributed by atoms with E-state index in [0.29, 0.717) is 6.42 Å². The quantitative estimate of drug-likeness (QED) is 0.657. The molecule has 0 saturated heterocycles. The average Bonchev–Trinajstić information content (AvgIpc) is 2.56. The van der Waals surface area contributed by atoms with Gasteiger partial charge in [0.2, 0.25) is 0 Å². The number of methoxy groups -OCH3 is 1. The van der Waals surface area contributed by atoms with Crippen LogP contribution < -0.4 is 5.32 Å². The summed E-state index contributed by atoms with van der Waals surface area (Å²) in [6.07, 6.45) is 2.52. The van der Waals surface area contributed by atoms with Gasteiger partial charge in [0.1, 0.15) is 0 Å². The molecule has 1 heterocycles. The van der Waals surface area contributed by atoms with Gasteiger partial charge in [0.15, 0.2) is 0 Å². The topological polar surface area (TPSA) is 50.7 Å². The summed E-state index contributed by atoms with van der Waals surface area (Å²) in [4.78, 5) is 15.2. The fourth-order valence-corrected chi connectivity index (χ4v) is 1.33. The summed E-state index contributed by atoms with van der Waals surface area (Å²) in [5.41, 5.74) is 0. The molecule has 4 nitrogen and oxygen atoms in total. The van der Waals surface area contributed by atoms with E-state index >= 15 is 0 Å². The Morgan fingerprint density at radius 1 is 1.77 bits per heavy atom. The minimum atomic E-state index is -0.182. The smallest absolute Gasteiger partial charge is 0.307 e. The van der Waals surface area contributed by atoms with Crippen LogP contribution in [0.1, 0.15) is 26.2 Å². The molecule has 0 aromatic rings. The monoisotopic (exact) mass is 184 g/mol. The van der Waals surface area contributed by atoms with Crippen LogP contribution in [0.4, 0.5) is 0 Å². The summed E-state index contributed by atoms with van der Waals surface area (Å²) in [6, 6.07) is 0.115. The maximum Gasteiger partial charge on any atom is 0.307 e. The summed E-state index contributed by atoms with van der Waals surface area (Å²) in [5.74, 6) is 0.843. The van der Waals surface area contributed by atoms with Crippen molar-refractivity contribution in [1.82, 2.24) is 5.32 Å². The molecule has 1 rings (SSSR count). The SMILES string of the molecule is COC(=O)CC(C)NC1=NCCC1. The molecular formula is C9H16N2O2. The Kier molecular flexibility index (Phi) is 3.73. The molecule has 1 aliphatic rings. The van der Waals surface area contributed by atoms with Crippen molar-refractivity contribution >= 4 is 11.8 Å². The molecule has 0 aromatic carbocycles. The number of nitrogens with zero attached hydrogens (tertiary/aromatic N) is 1. The first kappa shape index (κ1) is 10.0. The van der Waals surface area contributed by atoms with Crippen LogP contribution in [-0.2, 0) is 9.53 Å². The number of aliphatic imine (C=N–C) groups is 1. The number of ether oxygens (including phenoxy) is 1. The molecule has 0 aliphatic carbocycles. The molecule has 1 aliphatic heterocycles. The van der Waals surface area contributed by atoms with Gasteiger partial charge in [-0.3, -0.25) is 9.79 Å². The van der Waals surface area contributed by atoms with Gasteiger partial charge >= 0.3 is 5.97 Å². The Labute approximate surface area is 78.4 Å². The van der Waals surface area contributed by atoms with Gasteiger partial charge in [-0.05, 0) is 13.3 Å². The van der Waals surface area contributed by atoms with Crippen molar-refractivity contribution in [3.8, 4) is 0 Å². The fraction of sp³-hybridized carbons (Fsp3) is 0.778. The number of hydrogen-bond donors (Lipinski definition) is 1. The third kappa shape index (κ3) is 3.44. The molecule has 1 N–H and O–H groups in total. The average molecular weight is 184 g/mol. The van der Waals surface area contributed by atoms with E-state index in [1.165, 1.54) is 7.11 Å². The molecule has 13 heavy (non-hydrogen) atoms. The van der Waals surface area contributed by atoms with E-state index < -0.39 is 0 Å². The first-order valence-corrected chi connectivity index (χ1v) is 4.59. The zero-order chi connectivity index (χ0) is 9.68. The van der Waals surface area contributed by atoms with E-state index in [4.69, 9.17) is 0 Å². The van der Waals surface area contributed by atoms with Crippen LogP contribution in [0.5, 0.6) is 0 Å². The van der Waals surface area contributed by atoms with Crippen LogP contribution >= 0.6 is 0 Å². The second-order valence-electron chi connectivity index (χ2n) is 3.26. The van der Waals surface area contributed by atoms with Crippen molar-refractivity contribution in [1.29, 1.82) is 0 Å². The maximum atomic E-state index is 10.9. The minimum Gasteiger partial charge on any atom is -0.469 e. The van der Waals surface area contributed by atoms with Crippen LogP contribution in [0.2, 0.25) is 0 Å². The highest BCUT2D eigenvalue weighted by atomic mass is 16.5. The van der Waals surface area contributed by atoms with Crippen molar-refractivity contribution in [3.05, 3.63) is 0 Å². The van der Waals surface area contributed by atoms with Crippen molar-refractivity contribution in [2.24, 2.45) is 4.99 Å². The Bertz CT molecular complexity index is 214. The Morgan fingerprint density at radius 2 is 2.54 bits per heavy atom. The number of esters is 1. The summed E-state index contributed by atoms with van der Waals surface area (Å²) < 4.78 is 4.57. The number of rotatable bonds is 3. The third-order valence-electron chi connectivity index (χ3n) is 1.99. The van der Waals surface area contributed by atoms with Crippen molar-refractivity contribution < 1.29 is 9.53 Å². The third-order valence-corrected chi connectivity index (χ3v) is 1.99. The van der Waals surface area contributed by atoms with Gasteiger partial charge in [-0.2, -0.15) is 0 Å². The standard InChI is InChI=1S/C9H16N2O2/c1-7(6-9(12)13-2)11-8-4-3-5-10-8/h7H,3-6H2,1-2H3,(H,10,11). The highest BCUT2D eigenvalue weighted by molar-refractivity contribution is 5.84. The van der Waals surface area contributed by atoms with Crippen LogP contribution in [0.25, 0.3) is 0 Å². The molecule has 1 atom stereocenters. The van der Waals surface area contributed by atoms with Crippen LogP contribution in [-0.4, -0.2) is 31.5 Å². The predicted octanol–water partition coefficient (Wildman–Crippen LogP) is 0.720. The van der Waals surface area contributed by atoms with Crippen LogP contribution in [0.3, 0.4) is 0 Å². The Hall–Kier alpha value is -1.06. The fourth-order valence-electron chi connectivity index (χ4n) is 1.33. The van der Waals surface area contributed by atoms with Gasteiger partial charge in [0.25, 0.3) is 0 Å². The zero-order valence-electron chi connectivity index (χ0n) is 8.17. The summed E-state index contributed by atoms with van der Waals surface area (Å²) in [7, 11) is 1.40. The molecule has 0 spiro atoms. The molecule has 0 aromatic heterocycles. The molecular weight excluding hydrogens is 168 g/mol. The lowest BCUT2D eigenvalue weighted by Crippen LogP contribution is -2.33. The van der Waals surface area contributed by atoms with E-state index in [-0.39, 0.29) is 12.0 Å². The second-order valence-corrected chi connectivity index (χ2v) is 3.26. The molecule has 0 radical (unpaired) electrons.